The van der Waals surface area contributed by atoms with E-state index in [1.165, 1.54) is 0 Å². The highest BCUT2D eigenvalue weighted by atomic mass is 16.1. The van der Waals surface area contributed by atoms with Crippen LogP contribution in [0.15, 0.2) is 65.6 Å². The SMILES string of the molecule is O=C(NC1CC2(C1)CC(c1n[nH]c(=O)c3ccccc13)C2)c1ccc(-c2ccn[nH]2)cc1. The zero-order valence-electron chi connectivity index (χ0n) is 17.5. The van der Waals surface area contributed by atoms with E-state index in [2.05, 4.69) is 25.7 Å². The molecular formula is C25H23N5O2. The van der Waals surface area contributed by atoms with E-state index in [9.17, 15) is 9.59 Å². The summed E-state index contributed by atoms with van der Waals surface area (Å²) in [5.41, 5.74) is 3.77. The molecule has 2 aliphatic rings. The fraction of sp³-hybridized carbons (Fsp3) is 0.280. The van der Waals surface area contributed by atoms with Crippen molar-refractivity contribution in [3.05, 3.63) is 82.4 Å². The van der Waals surface area contributed by atoms with E-state index in [0.29, 0.717) is 22.3 Å². The van der Waals surface area contributed by atoms with Gasteiger partial charge in [0.25, 0.3) is 11.5 Å². The lowest BCUT2D eigenvalue weighted by Crippen LogP contribution is -2.55. The number of benzene rings is 2. The molecule has 1 amide bonds. The first-order chi connectivity index (χ1) is 15.6. The van der Waals surface area contributed by atoms with Gasteiger partial charge in [0.15, 0.2) is 0 Å². The molecule has 2 fully saturated rings. The smallest absolute Gasteiger partial charge is 0.272 e. The summed E-state index contributed by atoms with van der Waals surface area (Å²) in [6, 6.07) is 17.4. The first kappa shape index (κ1) is 19.0. The van der Waals surface area contributed by atoms with Crippen molar-refractivity contribution in [2.75, 3.05) is 0 Å². The fourth-order valence-electron chi connectivity index (χ4n) is 5.53. The van der Waals surface area contributed by atoms with E-state index < -0.39 is 0 Å². The molecule has 6 rings (SSSR count). The summed E-state index contributed by atoms with van der Waals surface area (Å²) in [4.78, 5) is 24.7. The molecule has 3 N–H and O–H groups in total. The fourth-order valence-corrected chi connectivity index (χ4v) is 5.53. The van der Waals surface area contributed by atoms with Gasteiger partial charge in [-0.3, -0.25) is 14.7 Å². The Morgan fingerprint density at radius 2 is 1.69 bits per heavy atom. The second-order valence-electron chi connectivity index (χ2n) is 9.22. The number of amides is 1. The van der Waals surface area contributed by atoms with Crippen molar-refractivity contribution in [3.8, 4) is 11.3 Å². The summed E-state index contributed by atoms with van der Waals surface area (Å²) >= 11 is 0. The number of hydrogen-bond donors (Lipinski definition) is 3. The summed E-state index contributed by atoms with van der Waals surface area (Å²) in [6.45, 7) is 0. The number of hydrogen-bond acceptors (Lipinski definition) is 4. The number of H-pyrrole nitrogens is 2. The molecule has 4 aromatic rings. The maximum absolute atomic E-state index is 12.7. The second-order valence-corrected chi connectivity index (χ2v) is 9.22. The van der Waals surface area contributed by atoms with Crippen molar-refractivity contribution < 1.29 is 4.79 Å². The third-order valence-electron chi connectivity index (χ3n) is 7.12. The number of aromatic amines is 2. The monoisotopic (exact) mass is 425 g/mol. The van der Waals surface area contributed by atoms with Crippen LogP contribution in [-0.2, 0) is 0 Å². The van der Waals surface area contributed by atoms with Crippen molar-refractivity contribution in [1.82, 2.24) is 25.7 Å². The minimum absolute atomic E-state index is 0.0230. The van der Waals surface area contributed by atoms with Crippen molar-refractivity contribution in [2.24, 2.45) is 5.41 Å². The molecule has 32 heavy (non-hydrogen) atoms. The Morgan fingerprint density at radius 1 is 0.938 bits per heavy atom. The molecule has 0 bridgehead atoms. The van der Waals surface area contributed by atoms with Crippen LogP contribution in [0.4, 0.5) is 0 Å². The number of nitrogens with one attached hydrogen (secondary N) is 3. The Bertz CT molecular complexity index is 1340. The van der Waals surface area contributed by atoms with E-state index in [0.717, 1.165) is 48.0 Å². The number of carbonyl (C=O) groups excluding carboxylic acids is 1. The van der Waals surface area contributed by atoms with Gasteiger partial charge in [-0.1, -0.05) is 30.3 Å². The van der Waals surface area contributed by atoms with Crippen LogP contribution in [-0.4, -0.2) is 32.3 Å². The number of rotatable bonds is 4. The van der Waals surface area contributed by atoms with Crippen molar-refractivity contribution in [1.29, 1.82) is 0 Å². The molecule has 2 heterocycles. The summed E-state index contributed by atoms with van der Waals surface area (Å²) in [7, 11) is 0. The molecule has 2 saturated carbocycles. The molecule has 1 spiro atoms. The van der Waals surface area contributed by atoms with Gasteiger partial charge in [0.1, 0.15) is 0 Å². The van der Waals surface area contributed by atoms with Gasteiger partial charge in [-0.25, -0.2) is 5.10 Å². The second kappa shape index (κ2) is 7.15. The van der Waals surface area contributed by atoms with E-state index in [-0.39, 0.29) is 17.5 Å². The lowest BCUT2D eigenvalue weighted by molar-refractivity contribution is -0.0196. The quantitative estimate of drug-likeness (QED) is 0.463. The lowest BCUT2D eigenvalue weighted by Gasteiger charge is -2.57. The van der Waals surface area contributed by atoms with Crippen LogP contribution < -0.4 is 10.9 Å². The van der Waals surface area contributed by atoms with Crippen molar-refractivity contribution in [3.63, 3.8) is 0 Å². The average Bonchev–Trinajstić information content (AvgIpc) is 3.30. The third kappa shape index (κ3) is 3.12. The average molecular weight is 425 g/mol. The first-order valence-electron chi connectivity index (χ1n) is 11.0. The molecule has 2 aliphatic carbocycles. The zero-order valence-corrected chi connectivity index (χ0v) is 17.5. The molecule has 7 heteroatoms. The summed E-state index contributed by atoms with van der Waals surface area (Å²) < 4.78 is 0. The van der Waals surface area contributed by atoms with E-state index in [1.807, 2.05) is 54.6 Å². The molecule has 7 nitrogen and oxygen atoms in total. The van der Waals surface area contributed by atoms with E-state index in [4.69, 9.17) is 0 Å². The molecule has 2 aromatic heterocycles. The van der Waals surface area contributed by atoms with Gasteiger partial charge in [0.05, 0.1) is 16.8 Å². The van der Waals surface area contributed by atoms with Crippen LogP contribution in [0.3, 0.4) is 0 Å². The summed E-state index contributed by atoms with van der Waals surface area (Å²) in [6.07, 6.45) is 5.83. The van der Waals surface area contributed by atoms with Gasteiger partial charge >= 0.3 is 0 Å². The summed E-state index contributed by atoms with van der Waals surface area (Å²) in [5, 5.41) is 18.8. The highest BCUT2D eigenvalue weighted by molar-refractivity contribution is 5.95. The summed E-state index contributed by atoms with van der Waals surface area (Å²) in [5.74, 6) is 0.341. The van der Waals surface area contributed by atoms with Crippen LogP contribution in [0.25, 0.3) is 22.0 Å². The third-order valence-corrected chi connectivity index (χ3v) is 7.12. The number of fused-ring (bicyclic) bond motifs is 1. The Hall–Kier alpha value is -3.74. The van der Waals surface area contributed by atoms with Gasteiger partial charge in [0.2, 0.25) is 0 Å². The molecular weight excluding hydrogens is 402 g/mol. The maximum atomic E-state index is 12.7. The van der Waals surface area contributed by atoms with Gasteiger partial charge in [-0.05, 0) is 60.9 Å². The standard InChI is InChI=1S/C25H23N5O2/c31-23(16-7-5-15(6-8-16)21-9-10-26-28-21)27-18-13-25(14-18)11-17(12-25)22-19-3-1-2-4-20(19)24(32)30-29-22/h1-10,17-18H,11-14H2,(H,26,28)(H,27,31)(H,30,32). The minimum Gasteiger partial charge on any atom is -0.349 e. The van der Waals surface area contributed by atoms with E-state index >= 15 is 0 Å². The molecule has 160 valence electrons. The molecule has 0 radical (unpaired) electrons. The topological polar surface area (TPSA) is 104 Å². The Labute approximate surface area is 184 Å². The normalized spacial score (nSPS) is 24.1. The van der Waals surface area contributed by atoms with Gasteiger partial charge in [-0.2, -0.15) is 10.2 Å². The molecule has 0 aliphatic heterocycles. The van der Waals surface area contributed by atoms with Crippen molar-refractivity contribution in [2.45, 2.75) is 37.6 Å². The Morgan fingerprint density at radius 3 is 2.41 bits per heavy atom. The number of nitrogens with zero attached hydrogens (tertiary/aromatic N) is 2. The minimum atomic E-state index is -0.137. The van der Waals surface area contributed by atoms with Crippen LogP contribution >= 0.6 is 0 Å². The predicted molar refractivity (Wildman–Crippen MR) is 121 cm³/mol. The number of aromatic nitrogens is 4. The van der Waals surface area contributed by atoms with Crippen LogP contribution in [0.2, 0.25) is 0 Å². The Kier molecular flexibility index (Phi) is 4.24. The molecule has 2 aromatic carbocycles. The van der Waals surface area contributed by atoms with Crippen LogP contribution in [0.5, 0.6) is 0 Å². The Balaban J connectivity index is 1.07. The van der Waals surface area contributed by atoms with E-state index in [1.54, 1.807) is 6.20 Å². The van der Waals surface area contributed by atoms with Gasteiger partial charge < -0.3 is 5.32 Å². The van der Waals surface area contributed by atoms with Crippen LogP contribution in [0.1, 0.15) is 47.7 Å². The predicted octanol–water partition coefficient (Wildman–Crippen LogP) is 3.77. The highest BCUT2D eigenvalue weighted by Gasteiger charge is 2.54. The van der Waals surface area contributed by atoms with Crippen molar-refractivity contribution >= 4 is 16.7 Å². The number of carbonyl (C=O) groups is 1. The zero-order chi connectivity index (χ0) is 21.7. The largest absolute Gasteiger partial charge is 0.349 e. The molecule has 0 saturated heterocycles. The molecule has 0 unspecified atom stereocenters. The lowest BCUT2D eigenvalue weighted by atomic mass is 9.49. The highest BCUT2D eigenvalue weighted by Crippen LogP contribution is 2.62. The van der Waals surface area contributed by atoms with Gasteiger partial charge in [0, 0.05) is 29.1 Å². The maximum Gasteiger partial charge on any atom is 0.272 e. The van der Waals surface area contributed by atoms with Gasteiger partial charge in [-0.15, -0.1) is 0 Å². The first-order valence-corrected chi connectivity index (χ1v) is 11.0. The van der Waals surface area contributed by atoms with Crippen LogP contribution in [0, 0.1) is 5.41 Å². The molecule has 0 atom stereocenters.